The first kappa shape index (κ1) is 25.0. The molecule has 0 aliphatic carbocycles. The molecule has 0 amide bonds. The number of ether oxygens (including phenoxy) is 3. The first-order valence-electron chi connectivity index (χ1n) is 9.07. The highest BCUT2D eigenvalue weighted by molar-refractivity contribution is 14.0. The Morgan fingerprint density at radius 1 is 1.10 bits per heavy atom. The first-order chi connectivity index (χ1) is 13.6. The third-order valence-corrected chi connectivity index (χ3v) is 4.05. The summed E-state index contributed by atoms with van der Waals surface area (Å²) in [5.41, 5.74) is 1.47. The quantitative estimate of drug-likeness (QED) is 0.302. The normalized spacial score (nSPS) is 12.0. The molecule has 0 aliphatic heterocycles. The lowest BCUT2D eigenvalue weighted by molar-refractivity contribution is 0.181. The Hall–Kier alpha value is -2.07. The van der Waals surface area contributed by atoms with Crippen LogP contribution in [0.1, 0.15) is 18.1 Å². The molecule has 2 aromatic carbocycles. The third-order valence-electron chi connectivity index (χ3n) is 4.05. The summed E-state index contributed by atoms with van der Waals surface area (Å²) < 4.78 is 29.9. The second-order valence-electron chi connectivity index (χ2n) is 6.24. The van der Waals surface area contributed by atoms with E-state index in [2.05, 4.69) is 15.6 Å². The average molecular weight is 517 g/mol. The van der Waals surface area contributed by atoms with E-state index in [4.69, 9.17) is 14.2 Å². The third kappa shape index (κ3) is 8.06. The number of halogens is 2. The predicted molar refractivity (Wildman–Crippen MR) is 124 cm³/mol. The zero-order valence-electron chi connectivity index (χ0n) is 17.2. The standard InChI is InChI=1S/C21H28FN3O3.HI/c1-15(28-20-8-6-5-7-19(20)27-4)12-24-21(23-2)25-13-16-9-10-18(22)17(11-16)14-26-3;/h5-11,15H,12-14H2,1-4H3,(H2,23,24,25);1H. The van der Waals surface area contributed by atoms with Crippen molar-refractivity contribution in [2.45, 2.75) is 26.2 Å². The molecule has 0 saturated carbocycles. The summed E-state index contributed by atoms with van der Waals surface area (Å²) in [5, 5.41) is 6.43. The van der Waals surface area contributed by atoms with Gasteiger partial charge in [-0.2, -0.15) is 0 Å². The van der Waals surface area contributed by atoms with Crippen LogP contribution < -0.4 is 20.1 Å². The molecule has 0 aromatic heterocycles. The summed E-state index contributed by atoms with van der Waals surface area (Å²) >= 11 is 0. The van der Waals surface area contributed by atoms with Crippen LogP contribution in [0.4, 0.5) is 4.39 Å². The number of hydrogen-bond acceptors (Lipinski definition) is 4. The Bertz CT molecular complexity index is 790. The molecule has 6 nitrogen and oxygen atoms in total. The van der Waals surface area contributed by atoms with E-state index < -0.39 is 0 Å². The maximum absolute atomic E-state index is 13.7. The van der Waals surface area contributed by atoms with Crippen molar-refractivity contribution >= 4 is 29.9 Å². The van der Waals surface area contributed by atoms with Crippen molar-refractivity contribution in [1.29, 1.82) is 0 Å². The average Bonchev–Trinajstić information content (AvgIpc) is 2.71. The number of nitrogens with zero attached hydrogens (tertiary/aromatic N) is 1. The Balaban J connectivity index is 0.00000420. The van der Waals surface area contributed by atoms with E-state index in [1.807, 2.05) is 31.2 Å². The Labute approximate surface area is 188 Å². The molecule has 1 unspecified atom stereocenters. The van der Waals surface area contributed by atoms with E-state index in [9.17, 15) is 4.39 Å². The SMILES string of the molecule is CN=C(NCc1ccc(F)c(COC)c1)NCC(C)Oc1ccccc1OC.I. The highest BCUT2D eigenvalue weighted by Gasteiger charge is 2.10. The largest absolute Gasteiger partial charge is 0.493 e. The maximum Gasteiger partial charge on any atom is 0.191 e. The number of para-hydroxylation sites is 2. The van der Waals surface area contributed by atoms with Crippen LogP contribution in [0.15, 0.2) is 47.5 Å². The molecule has 160 valence electrons. The van der Waals surface area contributed by atoms with Crippen molar-refractivity contribution in [3.05, 3.63) is 59.4 Å². The molecule has 1 atom stereocenters. The minimum atomic E-state index is -0.268. The van der Waals surface area contributed by atoms with E-state index >= 15 is 0 Å². The minimum Gasteiger partial charge on any atom is -0.493 e. The molecule has 2 aromatic rings. The molecule has 2 N–H and O–H groups in total. The number of methoxy groups -OCH3 is 2. The molecular formula is C21H29FIN3O3. The summed E-state index contributed by atoms with van der Waals surface area (Å²) in [5.74, 6) is 1.75. The summed E-state index contributed by atoms with van der Waals surface area (Å²) in [7, 11) is 4.86. The number of rotatable bonds is 9. The van der Waals surface area contributed by atoms with Gasteiger partial charge in [0.1, 0.15) is 11.9 Å². The van der Waals surface area contributed by atoms with Crippen molar-refractivity contribution in [3.63, 3.8) is 0 Å². The van der Waals surface area contributed by atoms with Gasteiger partial charge in [0.15, 0.2) is 17.5 Å². The second kappa shape index (κ2) is 13.2. The van der Waals surface area contributed by atoms with Crippen LogP contribution in [-0.2, 0) is 17.9 Å². The fourth-order valence-corrected chi connectivity index (χ4v) is 2.63. The summed E-state index contributed by atoms with van der Waals surface area (Å²) in [4.78, 5) is 4.21. The van der Waals surface area contributed by atoms with E-state index in [0.29, 0.717) is 36.1 Å². The molecule has 29 heavy (non-hydrogen) atoms. The van der Waals surface area contributed by atoms with Crippen molar-refractivity contribution < 1.29 is 18.6 Å². The number of guanidine groups is 1. The van der Waals surface area contributed by atoms with E-state index in [1.165, 1.54) is 6.07 Å². The van der Waals surface area contributed by atoms with Gasteiger partial charge in [0.25, 0.3) is 0 Å². The lowest BCUT2D eigenvalue weighted by Crippen LogP contribution is -2.41. The van der Waals surface area contributed by atoms with Gasteiger partial charge in [-0.1, -0.05) is 18.2 Å². The smallest absolute Gasteiger partial charge is 0.191 e. The number of hydrogen-bond donors (Lipinski definition) is 2. The van der Waals surface area contributed by atoms with Crippen LogP contribution in [0, 0.1) is 5.82 Å². The lowest BCUT2D eigenvalue weighted by atomic mass is 10.1. The van der Waals surface area contributed by atoms with Crippen LogP contribution in [0.5, 0.6) is 11.5 Å². The van der Waals surface area contributed by atoms with Crippen molar-refractivity contribution in [2.24, 2.45) is 4.99 Å². The van der Waals surface area contributed by atoms with Crippen LogP contribution in [0.2, 0.25) is 0 Å². The first-order valence-corrected chi connectivity index (χ1v) is 9.07. The van der Waals surface area contributed by atoms with Crippen molar-refractivity contribution in [3.8, 4) is 11.5 Å². The summed E-state index contributed by atoms with van der Waals surface area (Å²) in [6.45, 7) is 3.27. The molecule has 8 heteroatoms. The maximum atomic E-state index is 13.7. The Kier molecular flexibility index (Phi) is 11.4. The molecule has 0 saturated heterocycles. The zero-order valence-corrected chi connectivity index (χ0v) is 19.5. The molecule has 0 fully saturated rings. The van der Waals surface area contributed by atoms with Crippen LogP contribution in [0.25, 0.3) is 0 Å². The van der Waals surface area contributed by atoms with E-state index in [0.717, 1.165) is 5.56 Å². The zero-order chi connectivity index (χ0) is 20.4. The van der Waals surface area contributed by atoms with Crippen LogP contribution in [0.3, 0.4) is 0 Å². The van der Waals surface area contributed by atoms with Gasteiger partial charge in [-0.15, -0.1) is 24.0 Å². The fraction of sp³-hybridized carbons (Fsp3) is 0.381. The van der Waals surface area contributed by atoms with Gasteiger partial charge in [0.05, 0.1) is 20.3 Å². The topological polar surface area (TPSA) is 64.1 Å². The summed E-state index contributed by atoms with van der Waals surface area (Å²) in [6, 6.07) is 12.5. The molecule has 0 spiro atoms. The molecule has 2 rings (SSSR count). The van der Waals surface area contributed by atoms with Gasteiger partial charge >= 0.3 is 0 Å². The molecule has 0 aliphatic rings. The van der Waals surface area contributed by atoms with Crippen LogP contribution >= 0.6 is 24.0 Å². The van der Waals surface area contributed by atoms with Gasteiger partial charge in [0.2, 0.25) is 0 Å². The molecular weight excluding hydrogens is 488 g/mol. The van der Waals surface area contributed by atoms with E-state index in [1.54, 1.807) is 33.4 Å². The van der Waals surface area contributed by atoms with Gasteiger partial charge in [-0.3, -0.25) is 4.99 Å². The predicted octanol–water partition coefficient (Wildman–Crippen LogP) is 3.73. The van der Waals surface area contributed by atoms with Gasteiger partial charge < -0.3 is 24.8 Å². The highest BCUT2D eigenvalue weighted by Crippen LogP contribution is 2.26. The van der Waals surface area contributed by atoms with Crippen molar-refractivity contribution in [2.75, 3.05) is 27.8 Å². The lowest BCUT2D eigenvalue weighted by Gasteiger charge is -2.19. The fourth-order valence-electron chi connectivity index (χ4n) is 2.63. The second-order valence-corrected chi connectivity index (χ2v) is 6.24. The summed E-state index contributed by atoms with van der Waals surface area (Å²) in [6.07, 6.45) is -0.103. The monoisotopic (exact) mass is 517 g/mol. The number of nitrogens with one attached hydrogen (secondary N) is 2. The highest BCUT2D eigenvalue weighted by atomic mass is 127. The Morgan fingerprint density at radius 2 is 1.83 bits per heavy atom. The minimum absolute atomic E-state index is 0. The van der Waals surface area contributed by atoms with Gasteiger partial charge in [-0.25, -0.2) is 4.39 Å². The number of aliphatic imine (C=N–C) groups is 1. The van der Waals surface area contributed by atoms with Crippen LogP contribution in [-0.4, -0.2) is 39.9 Å². The van der Waals surface area contributed by atoms with Gasteiger partial charge in [0, 0.05) is 26.3 Å². The molecule has 0 radical (unpaired) electrons. The Morgan fingerprint density at radius 3 is 2.48 bits per heavy atom. The molecule has 0 heterocycles. The van der Waals surface area contributed by atoms with E-state index in [-0.39, 0.29) is 42.5 Å². The van der Waals surface area contributed by atoms with Crippen molar-refractivity contribution in [1.82, 2.24) is 10.6 Å². The number of benzene rings is 2. The van der Waals surface area contributed by atoms with Gasteiger partial charge in [-0.05, 0) is 36.8 Å². The molecule has 0 bridgehead atoms.